The lowest BCUT2D eigenvalue weighted by Crippen LogP contribution is -2.33. The Labute approximate surface area is 151 Å². The maximum absolute atomic E-state index is 12.2. The number of fused-ring (bicyclic) bond motifs is 1. The van der Waals surface area contributed by atoms with E-state index in [0.29, 0.717) is 18.3 Å². The number of nitrogens with one attached hydrogen (secondary N) is 2. The molecule has 1 atom stereocenters. The van der Waals surface area contributed by atoms with Crippen molar-refractivity contribution in [2.24, 2.45) is 11.8 Å². The van der Waals surface area contributed by atoms with Crippen molar-refractivity contribution in [2.75, 3.05) is 19.6 Å². The molecule has 1 aromatic rings. The Kier molecular flexibility index (Phi) is 6.84. The summed E-state index contributed by atoms with van der Waals surface area (Å²) in [6, 6.07) is 0. The average molecular weight is 348 g/mol. The molecule has 3 rings (SSSR count). The number of carbonyl (C=O) groups is 1. The molecule has 1 saturated heterocycles. The van der Waals surface area contributed by atoms with Crippen LogP contribution >= 0.6 is 0 Å². The van der Waals surface area contributed by atoms with Gasteiger partial charge in [-0.15, -0.1) is 10.2 Å². The summed E-state index contributed by atoms with van der Waals surface area (Å²) in [4.78, 5) is 12.2. The molecule has 0 spiro atoms. The zero-order valence-electron chi connectivity index (χ0n) is 15.6. The fourth-order valence-electron chi connectivity index (χ4n) is 4.15. The van der Waals surface area contributed by atoms with Crippen molar-refractivity contribution < 1.29 is 4.79 Å². The van der Waals surface area contributed by atoms with Gasteiger partial charge in [-0.05, 0) is 57.0 Å². The number of carbonyl (C=O) groups excluding carboxylic acids is 1. The van der Waals surface area contributed by atoms with Crippen LogP contribution in [0.5, 0.6) is 0 Å². The summed E-state index contributed by atoms with van der Waals surface area (Å²) >= 11 is 0. The van der Waals surface area contributed by atoms with Crippen LogP contribution in [0.3, 0.4) is 0 Å². The molecular weight excluding hydrogens is 314 g/mol. The minimum Gasteiger partial charge on any atom is -0.356 e. The summed E-state index contributed by atoms with van der Waals surface area (Å²) < 4.78 is 2.30. The van der Waals surface area contributed by atoms with Crippen LogP contribution in [0.2, 0.25) is 0 Å². The van der Waals surface area contributed by atoms with Crippen LogP contribution < -0.4 is 10.6 Å². The molecule has 0 radical (unpaired) electrons. The molecule has 0 aromatic carbocycles. The minimum absolute atomic E-state index is 0.200. The molecule has 6 heteroatoms. The fraction of sp³-hybridized carbons (Fsp3) is 0.842. The number of nitrogens with zero attached hydrogens (tertiary/aromatic N) is 3. The largest absolute Gasteiger partial charge is 0.356 e. The lowest BCUT2D eigenvalue weighted by atomic mass is 9.84. The molecule has 0 aliphatic carbocycles. The number of amides is 1. The fourth-order valence-corrected chi connectivity index (χ4v) is 4.15. The summed E-state index contributed by atoms with van der Waals surface area (Å²) in [7, 11) is 0. The quantitative estimate of drug-likeness (QED) is 0.741. The smallest absolute Gasteiger partial charge is 0.220 e. The monoisotopic (exact) mass is 347 g/mol. The predicted octanol–water partition coefficient (Wildman–Crippen LogP) is 2.08. The van der Waals surface area contributed by atoms with Gasteiger partial charge in [0.05, 0.1) is 0 Å². The Hall–Kier alpha value is -1.43. The van der Waals surface area contributed by atoms with Gasteiger partial charge in [-0.25, -0.2) is 0 Å². The third-order valence-corrected chi connectivity index (χ3v) is 5.78. The first-order valence-corrected chi connectivity index (χ1v) is 10.1. The van der Waals surface area contributed by atoms with Crippen LogP contribution in [-0.4, -0.2) is 40.3 Å². The number of aromatic nitrogens is 3. The lowest BCUT2D eigenvalue weighted by Gasteiger charge is -2.27. The molecule has 25 heavy (non-hydrogen) atoms. The van der Waals surface area contributed by atoms with Crippen LogP contribution in [0, 0.1) is 11.8 Å². The van der Waals surface area contributed by atoms with E-state index >= 15 is 0 Å². The van der Waals surface area contributed by atoms with Gasteiger partial charge < -0.3 is 15.2 Å². The van der Waals surface area contributed by atoms with E-state index in [0.717, 1.165) is 57.1 Å². The zero-order valence-corrected chi connectivity index (χ0v) is 15.6. The van der Waals surface area contributed by atoms with Gasteiger partial charge in [0.1, 0.15) is 11.6 Å². The molecule has 140 valence electrons. The summed E-state index contributed by atoms with van der Waals surface area (Å²) in [5.41, 5.74) is 0. The van der Waals surface area contributed by atoms with Crippen LogP contribution in [0.25, 0.3) is 0 Å². The summed E-state index contributed by atoms with van der Waals surface area (Å²) in [6.45, 7) is 6.21. The molecule has 2 aliphatic heterocycles. The van der Waals surface area contributed by atoms with Crippen LogP contribution in [0.1, 0.15) is 63.5 Å². The van der Waals surface area contributed by atoms with Gasteiger partial charge in [0.25, 0.3) is 0 Å². The lowest BCUT2D eigenvalue weighted by molar-refractivity contribution is -0.122. The minimum atomic E-state index is 0.200. The Morgan fingerprint density at radius 3 is 2.96 bits per heavy atom. The van der Waals surface area contributed by atoms with Crippen molar-refractivity contribution in [3.63, 3.8) is 0 Å². The van der Waals surface area contributed by atoms with Crippen molar-refractivity contribution in [1.29, 1.82) is 0 Å². The van der Waals surface area contributed by atoms with Gasteiger partial charge in [-0.3, -0.25) is 4.79 Å². The summed E-state index contributed by atoms with van der Waals surface area (Å²) in [6.07, 6.45) is 9.69. The van der Waals surface area contributed by atoms with Gasteiger partial charge in [-0.1, -0.05) is 13.3 Å². The highest BCUT2D eigenvalue weighted by molar-refractivity contribution is 5.76. The average Bonchev–Trinajstić information content (AvgIpc) is 2.86. The van der Waals surface area contributed by atoms with E-state index in [1.165, 1.54) is 32.1 Å². The highest BCUT2D eigenvalue weighted by Gasteiger charge is 2.22. The second-order valence-corrected chi connectivity index (χ2v) is 7.72. The third-order valence-electron chi connectivity index (χ3n) is 5.78. The Balaban J connectivity index is 1.35. The first-order valence-electron chi connectivity index (χ1n) is 10.1. The maximum atomic E-state index is 12.2. The van der Waals surface area contributed by atoms with Crippen LogP contribution in [0.15, 0.2) is 0 Å². The van der Waals surface area contributed by atoms with Crippen LogP contribution in [0.4, 0.5) is 0 Å². The molecule has 0 saturated carbocycles. The van der Waals surface area contributed by atoms with E-state index < -0.39 is 0 Å². The third kappa shape index (κ3) is 5.27. The van der Waals surface area contributed by atoms with Crippen molar-refractivity contribution in [3.8, 4) is 0 Å². The van der Waals surface area contributed by atoms with Crippen molar-refractivity contribution in [3.05, 3.63) is 11.6 Å². The van der Waals surface area contributed by atoms with Crippen LogP contribution in [-0.2, 0) is 24.2 Å². The van der Waals surface area contributed by atoms with Crippen molar-refractivity contribution in [1.82, 2.24) is 25.4 Å². The predicted molar refractivity (Wildman–Crippen MR) is 98.3 cm³/mol. The van der Waals surface area contributed by atoms with E-state index in [9.17, 15) is 4.79 Å². The Morgan fingerprint density at radius 2 is 2.12 bits per heavy atom. The number of rotatable bonds is 7. The number of piperidine rings is 1. The van der Waals surface area contributed by atoms with Crippen molar-refractivity contribution >= 4 is 5.91 Å². The normalized spacial score (nSPS) is 19.9. The molecule has 1 fully saturated rings. The van der Waals surface area contributed by atoms with Gasteiger partial charge in [0, 0.05) is 32.4 Å². The molecule has 1 amide bonds. The number of aryl methyl sites for hydroxylation is 2. The van der Waals surface area contributed by atoms with Gasteiger partial charge in [0.15, 0.2) is 0 Å². The molecule has 2 aliphatic rings. The molecule has 0 bridgehead atoms. The highest BCUT2D eigenvalue weighted by atomic mass is 16.1. The SMILES string of the molecule is CC(CC(=O)NCCCc1nnc2n1CCCCC2)C1CCNCC1. The van der Waals surface area contributed by atoms with E-state index in [1.54, 1.807) is 0 Å². The molecule has 3 heterocycles. The van der Waals surface area contributed by atoms with E-state index in [1.807, 2.05) is 0 Å². The topological polar surface area (TPSA) is 71.8 Å². The highest BCUT2D eigenvalue weighted by Crippen LogP contribution is 2.24. The second kappa shape index (κ2) is 9.32. The van der Waals surface area contributed by atoms with E-state index in [2.05, 4.69) is 32.3 Å². The van der Waals surface area contributed by atoms with Gasteiger partial charge in [-0.2, -0.15) is 0 Å². The van der Waals surface area contributed by atoms with Gasteiger partial charge in [0.2, 0.25) is 5.91 Å². The second-order valence-electron chi connectivity index (χ2n) is 7.72. The molecule has 1 aromatic heterocycles. The molecular formula is C19H33N5O. The molecule has 6 nitrogen and oxygen atoms in total. The number of hydrogen-bond acceptors (Lipinski definition) is 4. The van der Waals surface area contributed by atoms with E-state index in [4.69, 9.17) is 0 Å². The molecule has 1 unspecified atom stereocenters. The first kappa shape index (κ1) is 18.4. The zero-order chi connectivity index (χ0) is 17.5. The Morgan fingerprint density at radius 1 is 1.28 bits per heavy atom. The van der Waals surface area contributed by atoms with Crippen molar-refractivity contribution in [2.45, 2.75) is 71.3 Å². The van der Waals surface area contributed by atoms with E-state index in [-0.39, 0.29) is 5.91 Å². The first-order chi connectivity index (χ1) is 12.2. The number of hydrogen-bond donors (Lipinski definition) is 2. The maximum Gasteiger partial charge on any atom is 0.220 e. The summed E-state index contributed by atoms with van der Waals surface area (Å²) in [5.74, 6) is 3.61. The van der Waals surface area contributed by atoms with Gasteiger partial charge >= 0.3 is 0 Å². The summed E-state index contributed by atoms with van der Waals surface area (Å²) in [5, 5.41) is 15.2. The Bertz CT molecular complexity index is 550. The molecule has 2 N–H and O–H groups in total. The standard InChI is InChI=1S/C19H33N5O/c1-15(16-8-11-20-12-9-16)14-19(25)21-10-5-7-18-23-22-17-6-3-2-4-13-24(17)18/h15-16,20H,2-14H2,1H3,(H,21,25).